The van der Waals surface area contributed by atoms with Crippen LogP contribution in [0, 0.1) is 0 Å². The molecule has 0 radical (unpaired) electrons. The van der Waals surface area contributed by atoms with Gasteiger partial charge in [-0.25, -0.2) is 0 Å². The zero-order chi connectivity index (χ0) is 63.3. The minimum Gasteiger partial charge on any atom is -0.457 e. The summed E-state index contributed by atoms with van der Waals surface area (Å²) in [5.74, 6) is -2.10. The van der Waals surface area contributed by atoms with Crippen molar-refractivity contribution >= 4 is 17.9 Å². The van der Waals surface area contributed by atoms with E-state index >= 15 is 0 Å². The molecule has 0 aromatic rings. The molecule has 6 heterocycles. The summed E-state index contributed by atoms with van der Waals surface area (Å²) in [4.78, 5) is 40.6. The van der Waals surface area contributed by atoms with Gasteiger partial charge in [0.15, 0.2) is 49.8 Å². The van der Waals surface area contributed by atoms with Gasteiger partial charge in [-0.3, -0.25) is 14.4 Å². The van der Waals surface area contributed by atoms with Crippen LogP contribution in [-0.2, 0) is 76.0 Å². The molecule has 0 aromatic carbocycles. The molecule has 6 saturated heterocycles. The highest BCUT2D eigenvalue weighted by Gasteiger charge is 2.58. The average Bonchev–Trinajstić information content (AvgIpc) is 1.03. The highest BCUT2D eigenvalue weighted by Crippen LogP contribution is 2.39. The third kappa shape index (κ3) is 21.1. The van der Waals surface area contributed by atoms with Crippen LogP contribution in [0.25, 0.3) is 0 Å². The fraction of sp³-hybridized carbons (Fsp3) is 0.952. The molecular formula is C62H108O25. The molecule has 6 rings (SSSR count). The van der Waals surface area contributed by atoms with Crippen molar-refractivity contribution in [2.75, 3.05) is 6.61 Å². The fourth-order valence-electron chi connectivity index (χ4n) is 12.3. The number of hydrogen-bond donors (Lipinski definition) is 9. The monoisotopic (exact) mass is 1250 g/mol. The second-order valence-electron chi connectivity index (χ2n) is 24.9. The number of hydrogen-bond acceptors (Lipinski definition) is 25. The predicted molar refractivity (Wildman–Crippen MR) is 308 cm³/mol. The molecule has 25 heteroatoms. The molecule has 0 amide bonds. The first-order valence-corrected chi connectivity index (χ1v) is 32.9. The Morgan fingerprint density at radius 2 is 0.954 bits per heavy atom. The Labute approximate surface area is 513 Å². The van der Waals surface area contributed by atoms with E-state index in [1.54, 1.807) is 13.8 Å². The molecule has 26 atom stereocenters. The van der Waals surface area contributed by atoms with Crippen molar-refractivity contribution in [3.05, 3.63) is 0 Å². The van der Waals surface area contributed by atoms with Crippen LogP contribution in [0.3, 0.4) is 0 Å². The van der Waals surface area contributed by atoms with Gasteiger partial charge < -0.3 is 108 Å². The fourth-order valence-corrected chi connectivity index (χ4v) is 12.3. The van der Waals surface area contributed by atoms with Gasteiger partial charge in [-0.1, -0.05) is 130 Å². The summed E-state index contributed by atoms with van der Waals surface area (Å²) in [6, 6.07) is 0. The summed E-state index contributed by atoms with van der Waals surface area (Å²) in [6.45, 7) is 11.3. The molecule has 6 aliphatic heterocycles. The van der Waals surface area contributed by atoms with Crippen LogP contribution in [0.4, 0.5) is 0 Å². The van der Waals surface area contributed by atoms with Gasteiger partial charge in [0.25, 0.3) is 0 Å². The van der Waals surface area contributed by atoms with E-state index in [1.165, 1.54) is 27.2 Å². The van der Waals surface area contributed by atoms with Crippen LogP contribution in [0.1, 0.15) is 209 Å². The second kappa shape index (κ2) is 37.4. The Bertz CT molecular complexity index is 1970. The third-order valence-corrected chi connectivity index (χ3v) is 17.7. The van der Waals surface area contributed by atoms with Crippen molar-refractivity contribution in [1.29, 1.82) is 0 Å². The van der Waals surface area contributed by atoms with Crippen molar-refractivity contribution in [2.24, 2.45) is 0 Å². The Morgan fingerprint density at radius 3 is 1.61 bits per heavy atom. The first-order chi connectivity index (χ1) is 41.7. The van der Waals surface area contributed by atoms with Crippen LogP contribution in [-0.4, -0.2) is 230 Å². The lowest BCUT2D eigenvalue weighted by molar-refractivity contribution is -0.395. The first-order valence-electron chi connectivity index (χ1n) is 32.9. The second-order valence-corrected chi connectivity index (χ2v) is 24.9. The molecule has 87 heavy (non-hydrogen) atoms. The maximum Gasteiger partial charge on any atom is 0.306 e. The predicted octanol–water partition coefficient (Wildman–Crippen LogP) is 4.06. The molecule has 506 valence electrons. The minimum atomic E-state index is -1.95. The smallest absolute Gasteiger partial charge is 0.306 e. The van der Waals surface area contributed by atoms with Crippen molar-refractivity contribution in [3.8, 4) is 0 Å². The van der Waals surface area contributed by atoms with Gasteiger partial charge in [0, 0.05) is 19.3 Å². The lowest BCUT2D eigenvalue weighted by Gasteiger charge is -2.50. The number of unbranched alkanes of at least 4 members (excludes halogenated alkanes) is 10. The van der Waals surface area contributed by atoms with Crippen molar-refractivity contribution in [1.82, 2.24) is 0 Å². The molecule has 9 N–H and O–H groups in total. The lowest BCUT2D eigenvalue weighted by Crippen LogP contribution is -2.67. The van der Waals surface area contributed by atoms with Gasteiger partial charge in [0.05, 0.1) is 37.1 Å². The number of ether oxygens (including phenoxy) is 13. The molecule has 2 unspecified atom stereocenters. The molecule has 0 saturated carbocycles. The number of rotatable bonds is 25. The van der Waals surface area contributed by atoms with Gasteiger partial charge in [0.1, 0.15) is 79.4 Å². The third-order valence-electron chi connectivity index (χ3n) is 17.7. The van der Waals surface area contributed by atoms with E-state index in [1.807, 2.05) is 0 Å². The summed E-state index contributed by atoms with van der Waals surface area (Å²) in [5, 5.41) is 102. The number of aliphatic hydroxyl groups is 9. The maximum atomic E-state index is 14.0. The average molecular weight is 1250 g/mol. The summed E-state index contributed by atoms with van der Waals surface area (Å²) in [6.07, 6.45) is -19.8. The topological polar surface area (TPSA) is 353 Å². The Kier molecular flexibility index (Phi) is 31.7. The van der Waals surface area contributed by atoms with E-state index < -0.39 is 178 Å². The number of carbonyl (C=O) groups is 3. The largest absolute Gasteiger partial charge is 0.457 e. The van der Waals surface area contributed by atoms with Gasteiger partial charge in [-0.15, -0.1) is 0 Å². The normalized spacial score (nSPS) is 41.3. The number of esters is 3. The summed E-state index contributed by atoms with van der Waals surface area (Å²) in [5.41, 5.74) is 0. The summed E-state index contributed by atoms with van der Waals surface area (Å²) < 4.78 is 80.9. The number of aliphatic hydroxyl groups excluding tert-OH is 9. The van der Waals surface area contributed by atoms with E-state index in [-0.39, 0.29) is 25.4 Å². The van der Waals surface area contributed by atoms with Crippen LogP contribution < -0.4 is 0 Å². The van der Waals surface area contributed by atoms with Gasteiger partial charge >= 0.3 is 17.9 Å². The molecule has 25 nitrogen and oxygen atoms in total. The Morgan fingerprint density at radius 1 is 0.437 bits per heavy atom. The molecule has 6 aliphatic rings. The van der Waals surface area contributed by atoms with Crippen molar-refractivity contribution < 1.29 is 122 Å². The SMILES string of the molecule is CCCCCCCCCCCC(=O)O[C@H]1[C@H](O[C@@H]2[C@@H](O)[C@H]3OC(=O)CCCCCCCCCC(CCCCC)O[C@@H]4O[C@H](C)[C@@H](O)[C@H](O)[C@H]4OC3O[C@H]2C)O[C@@H](C)[C@H](O[C@@H]2O[C@@H](C)[C@H](OC(=O)CCC)[C@@H](O)[C@H]2O[C@@H]2O[C@H](CO)[C@@H](O)[C@H](O)[C@H]2O)[C@H]1O. The Balaban J connectivity index is 1.28. The van der Waals surface area contributed by atoms with E-state index in [9.17, 15) is 60.3 Å². The highest BCUT2D eigenvalue weighted by molar-refractivity contribution is 5.70. The van der Waals surface area contributed by atoms with Crippen LogP contribution in [0.2, 0.25) is 0 Å². The molecular weight excluding hydrogens is 1140 g/mol. The van der Waals surface area contributed by atoms with Gasteiger partial charge in [-0.2, -0.15) is 0 Å². The van der Waals surface area contributed by atoms with E-state index in [0.29, 0.717) is 19.3 Å². The molecule has 6 fully saturated rings. The van der Waals surface area contributed by atoms with Gasteiger partial charge in [0.2, 0.25) is 0 Å². The quantitative estimate of drug-likeness (QED) is 0.0353. The summed E-state index contributed by atoms with van der Waals surface area (Å²) in [7, 11) is 0. The van der Waals surface area contributed by atoms with Crippen LogP contribution in [0.15, 0.2) is 0 Å². The van der Waals surface area contributed by atoms with Crippen LogP contribution >= 0.6 is 0 Å². The van der Waals surface area contributed by atoms with E-state index in [4.69, 9.17) is 61.6 Å². The molecule has 0 aromatic heterocycles. The number of fused-ring (bicyclic) bond motifs is 2. The van der Waals surface area contributed by atoms with Crippen molar-refractivity contribution in [3.63, 3.8) is 0 Å². The van der Waals surface area contributed by atoms with Gasteiger partial charge in [-0.05, 0) is 59.8 Å². The molecule has 0 aliphatic carbocycles. The lowest BCUT2D eigenvalue weighted by atomic mass is 9.95. The number of carbonyl (C=O) groups excluding carboxylic acids is 3. The zero-order valence-electron chi connectivity index (χ0n) is 52.5. The molecule has 0 bridgehead atoms. The Hall–Kier alpha value is -2.35. The van der Waals surface area contributed by atoms with E-state index in [2.05, 4.69) is 13.8 Å². The maximum absolute atomic E-state index is 14.0. The van der Waals surface area contributed by atoms with E-state index in [0.717, 1.165) is 116 Å². The molecule has 0 spiro atoms. The first kappa shape index (κ1) is 73.7. The standard InChI is InChI=1S/C62H108O25/c1-8-11-13-14-15-16-19-22-26-31-41(65)82-55-49(73)53(85-62-57(48(72)51(35(5)76-62)81-40(64)28-10-3)86-58-47(71)45(69)44(68)39(33-63)80-58)36(6)77-60(55)84-52-37(7)78-61-56(50(52)74)83-42(66)32-27-23-20-17-18-21-25-30-38(29-24-12-9-2)79-59-54(87-61)46(70)43(67)34(4)75-59/h34-39,43-63,67-74H,8-33H2,1-7H3/t34-,35+,36+,37+,38?,39-,43-,44-,45+,46+,47-,48-,49-,50-,51+,52+,53+,54-,55-,56-,57-,58+,59+,60+,61?,62+/m1/s1. The minimum absolute atomic E-state index is 0.0113. The zero-order valence-corrected chi connectivity index (χ0v) is 52.5. The highest BCUT2D eigenvalue weighted by atomic mass is 16.8. The van der Waals surface area contributed by atoms with Crippen LogP contribution in [0.5, 0.6) is 0 Å². The van der Waals surface area contributed by atoms with Crippen molar-refractivity contribution in [2.45, 2.75) is 369 Å². The summed E-state index contributed by atoms with van der Waals surface area (Å²) >= 11 is 0.